The highest BCUT2D eigenvalue weighted by Crippen LogP contribution is 2.35. The molecule has 0 aliphatic carbocycles. The summed E-state index contributed by atoms with van der Waals surface area (Å²) in [6.07, 6.45) is 1.77. The molecule has 2 heterocycles. The monoisotopic (exact) mass is 470 g/mol. The first-order valence-electron chi connectivity index (χ1n) is 11.5. The number of carbonyl (C=O) groups is 1. The summed E-state index contributed by atoms with van der Waals surface area (Å²) in [7, 11) is 0. The number of benzene rings is 4. The fourth-order valence-electron chi connectivity index (χ4n) is 4.28. The Kier molecular flexibility index (Phi) is 5.31. The molecule has 6 heteroatoms. The number of anilines is 4. The van der Waals surface area contributed by atoms with Crippen molar-refractivity contribution in [2.24, 2.45) is 0 Å². The summed E-state index contributed by atoms with van der Waals surface area (Å²) in [6, 6.07) is 32.4. The van der Waals surface area contributed by atoms with Gasteiger partial charge in [-0.05, 0) is 66.7 Å². The van der Waals surface area contributed by atoms with Crippen molar-refractivity contribution in [1.29, 1.82) is 0 Å². The third-order valence-electron chi connectivity index (χ3n) is 6.02. The van der Waals surface area contributed by atoms with Crippen LogP contribution in [0.1, 0.15) is 10.4 Å². The summed E-state index contributed by atoms with van der Waals surface area (Å²) >= 11 is 0. The number of nitrogens with two attached hydrogens (primary N) is 1. The van der Waals surface area contributed by atoms with E-state index in [1.54, 1.807) is 30.5 Å². The van der Waals surface area contributed by atoms with Crippen LogP contribution in [-0.2, 0) is 0 Å². The van der Waals surface area contributed by atoms with Crippen LogP contribution < -0.4 is 16.4 Å². The van der Waals surface area contributed by atoms with Crippen LogP contribution in [0.4, 0.5) is 22.7 Å². The highest BCUT2D eigenvalue weighted by atomic mass is 16.3. The lowest BCUT2D eigenvalue weighted by molar-refractivity contribution is 0.102. The second kappa shape index (κ2) is 8.92. The standard InChI is InChI=1S/C30H22N4O2/c31-20-13-11-19(12-14-20)30(35)34-22-6-3-5-21(17-22)33-23-15-16-32-27(18-23)26-9-4-8-25-24-7-1-2-10-28(24)36-29(25)26/h1-18H,31H2,(H,32,33)(H,34,35). The number of hydrogen-bond donors (Lipinski definition) is 3. The third-order valence-corrected chi connectivity index (χ3v) is 6.02. The Morgan fingerprint density at radius 2 is 1.50 bits per heavy atom. The number of amides is 1. The van der Waals surface area contributed by atoms with Crippen molar-refractivity contribution in [3.63, 3.8) is 0 Å². The first-order valence-corrected chi connectivity index (χ1v) is 11.5. The van der Waals surface area contributed by atoms with Crippen LogP contribution in [0.3, 0.4) is 0 Å². The molecule has 0 atom stereocenters. The highest BCUT2D eigenvalue weighted by molar-refractivity contribution is 6.09. The topological polar surface area (TPSA) is 93.2 Å². The van der Waals surface area contributed by atoms with Crippen molar-refractivity contribution in [2.75, 3.05) is 16.4 Å². The Labute approximate surface area is 207 Å². The molecule has 0 saturated heterocycles. The predicted octanol–water partition coefficient (Wildman–Crippen LogP) is 7.23. The SMILES string of the molecule is Nc1ccc(C(=O)Nc2cccc(Nc3ccnc(-c4cccc5c4oc4ccccc45)c3)c2)cc1. The molecule has 4 N–H and O–H groups in total. The zero-order valence-electron chi connectivity index (χ0n) is 19.2. The molecule has 0 bridgehead atoms. The van der Waals surface area contributed by atoms with E-state index in [0.717, 1.165) is 44.6 Å². The van der Waals surface area contributed by atoms with E-state index in [2.05, 4.69) is 27.8 Å². The number of nitrogen functional groups attached to an aromatic ring is 1. The number of fused-ring (bicyclic) bond motifs is 3. The van der Waals surface area contributed by atoms with Gasteiger partial charge in [-0.1, -0.05) is 36.4 Å². The zero-order chi connectivity index (χ0) is 24.5. The number of aromatic nitrogens is 1. The van der Waals surface area contributed by atoms with E-state index in [1.807, 2.05) is 66.7 Å². The van der Waals surface area contributed by atoms with Gasteiger partial charge in [0, 0.05) is 50.8 Å². The van der Waals surface area contributed by atoms with Crippen molar-refractivity contribution in [3.05, 3.63) is 115 Å². The van der Waals surface area contributed by atoms with Crippen LogP contribution >= 0.6 is 0 Å². The minimum absolute atomic E-state index is 0.197. The summed E-state index contributed by atoms with van der Waals surface area (Å²) in [5, 5.41) is 8.49. The molecule has 0 spiro atoms. The Morgan fingerprint density at radius 1 is 0.750 bits per heavy atom. The fourth-order valence-corrected chi connectivity index (χ4v) is 4.28. The number of nitrogens with zero attached hydrogens (tertiary/aromatic N) is 1. The van der Waals surface area contributed by atoms with Gasteiger partial charge in [0.2, 0.25) is 0 Å². The number of nitrogens with one attached hydrogen (secondary N) is 2. The molecule has 0 saturated carbocycles. The van der Waals surface area contributed by atoms with E-state index in [4.69, 9.17) is 10.2 Å². The number of para-hydroxylation sites is 2. The molecule has 174 valence electrons. The largest absolute Gasteiger partial charge is 0.455 e. The Bertz CT molecular complexity index is 1720. The van der Waals surface area contributed by atoms with Crippen molar-refractivity contribution in [2.45, 2.75) is 0 Å². The lowest BCUT2D eigenvalue weighted by Crippen LogP contribution is -2.11. The Balaban J connectivity index is 1.26. The fraction of sp³-hybridized carbons (Fsp3) is 0. The second-order valence-corrected chi connectivity index (χ2v) is 8.49. The van der Waals surface area contributed by atoms with Gasteiger partial charge in [-0.3, -0.25) is 9.78 Å². The van der Waals surface area contributed by atoms with Crippen molar-refractivity contribution < 1.29 is 9.21 Å². The summed E-state index contributed by atoms with van der Waals surface area (Å²) in [5.74, 6) is -0.197. The summed E-state index contributed by atoms with van der Waals surface area (Å²) in [5.41, 5.74) is 12.7. The highest BCUT2D eigenvalue weighted by Gasteiger charge is 2.13. The smallest absolute Gasteiger partial charge is 0.255 e. The Morgan fingerprint density at radius 3 is 2.39 bits per heavy atom. The number of hydrogen-bond acceptors (Lipinski definition) is 5. The third kappa shape index (κ3) is 4.12. The molecule has 6 nitrogen and oxygen atoms in total. The van der Waals surface area contributed by atoms with Gasteiger partial charge >= 0.3 is 0 Å². The molecule has 6 rings (SSSR count). The van der Waals surface area contributed by atoms with Gasteiger partial charge in [-0.25, -0.2) is 0 Å². The van der Waals surface area contributed by atoms with Gasteiger partial charge in [-0.15, -0.1) is 0 Å². The molecule has 4 aromatic carbocycles. The molecule has 6 aromatic rings. The van der Waals surface area contributed by atoms with Gasteiger partial charge in [0.15, 0.2) is 0 Å². The van der Waals surface area contributed by atoms with Crippen LogP contribution in [0.25, 0.3) is 33.2 Å². The molecular weight excluding hydrogens is 448 g/mol. The number of pyridine rings is 1. The van der Waals surface area contributed by atoms with Gasteiger partial charge in [0.1, 0.15) is 11.2 Å². The van der Waals surface area contributed by atoms with Crippen molar-refractivity contribution >= 4 is 50.6 Å². The molecule has 0 unspecified atom stereocenters. The van der Waals surface area contributed by atoms with E-state index >= 15 is 0 Å². The van der Waals surface area contributed by atoms with E-state index in [-0.39, 0.29) is 5.91 Å². The van der Waals surface area contributed by atoms with E-state index in [9.17, 15) is 4.79 Å². The first kappa shape index (κ1) is 21.4. The van der Waals surface area contributed by atoms with E-state index in [1.165, 1.54) is 0 Å². The van der Waals surface area contributed by atoms with Gasteiger partial charge in [0.05, 0.1) is 5.69 Å². The average molecular weight is 471 g/mol. The maximum atomic E-state index is 12.6. The zero-order valence-corrected chi connectivity index (χ0v) is 19.2. The number of carbonyl (C=O) groups excluding carboxylic acids is 1. The summed E-state index contributed by atoms with van der Waals surface area (Å²) in [6.45, 7) is 0. The molecular formula is C30H22N4O2. The number of furan rings is 1. The first-order chi connectivity index (χ1) is 17.6. The average Bonchev–Trinajstić information content (AvgIpc) is 3.28. The second-order valence-electron chi connectivity index (χ2n) is 8.49. The quantitative estimate of drug-likeness (QED) is 0.231. The molecule has 0 radical (unpaired) electrons. The van der Waals surface area contributed by atoms with Crippen LogP contribution in [-0.4, -0.2) is 10.9 Å². The lowest BCUT2D eigenvalue weighted by Gasteiger charge is -2.11. The summed E-state index contributed by atoms with van der Waals surface area (Å²) in [4.78, 5) is 17.2. The van der Waals surface area contributed by atoms with Crippen molar-refractivity contribution in [3.8, 4) is 11.3 Å². The minimum atomic E-state index is -0.197. The molecule has 0 fully saturated rings. The predicted molar refractivity (Wildman–Crippen MR) is 145 cm³/mol. The van der Waals surface area contributed by atoms with Crippen molar-refractivity contribution in [1.82, 2.24) is 4.98 Å². The molecule has 2 aromatic heterocycles. The van der Waals surface area contributed by atoms with Crippen LogP contribution in [0.2, 0.25) is 0 Å². The van der Waals surface area contributed by atoms with Gasteiger partial charge < -0.3 is 20.8 Å². The number of rotatable bonds is 5. The van der Waals surface area contributed by atoms with E-state index < -0.39 is 0 Å². The normalized spacial score (nSPS) is 11.0. The molecule has 0 aliphatic heterocycles. The molecule has 0 aliphatic rings. The molecule has 36 heavy (non-hydrogen) atoms. The van der Waals surface area contributed by atoms with Gasteiger partial charge in [0.25, 0.3) is 5.91 Å². The Hall–Kier alpha value is -5.10. The van der Waals surface area contributed by atoms with Crippen LogP contribution in [0, 0.1) is 0 Å². The molecule has 1 amide bonds. The maximum Gasteiger partial charge on any atom is 0.255 e. The van der Waals surface area contributed by atoms with Gasteiger partial charge in [-0.2, -0.15) is 0 Å². The van der Waals surface area contributed by atoms with Crippen LogP contribution in [0.5, 0.6) is 0 Å². The van der Waals surface area contributed by atoms with Crippen LogP contribution in [0.15, 0.2) is 114 Å². The van der Waals surface area contributed by atoms with E-state index in [0.29, 0.717) is 16.9 Å². The minimum Gasteiger partial charge on any atom is -0.455 e. The lowest BCUT2D eigenvalue weighted by atomic mass is 10.1. The maximum absolute atomic E-state index is 12.6. The summed E-state index contributed by atoms with van der Waals surface area (Å²) < 4.78 is 6.18.